The van der Waals surface area contributed by atoms with E-state index in [9.17, 15) is 9.59 Å². The van der Waals surface area contributed by atoms with Crippen LogP contribution in [0.25, 0.3) is 0 Å². The monoisotopic (exact) mass is 425 g/mol. The number of alkyl halides is 1. The molecule has 0 saturated heterocycles. The number of fused-ring (bicyclic) bond motifs is 4. The molecule has 3 heterocycles. The second-order valence-corrected chi connectivity index (χ2v) is 8.62. The van der Waals surface area contributed by atoms with E-state index in [4.69, 9.17) is 0 Å². The second-order valence-electron chi connectivity index (χ2n) is 5.12. The predicted molar refractivity (Wildman–Crippen MR) is 88.1 cm³/mol. The first kappa shape index (κ1) is 13.7. The number of carbonyl (C=O) groups excluding carboxylic acids is 2. The summed E-state index contributed by atoms with van der Waals surface area (Å²) in [5, 5.41) is 0. The van der Waals surface area contributed by atoms with Crippen LogP contribution in [0.1, 0.15) is 37.2 Å². The Hall–Kier alpha value is -0.980. The van der Waals surface area contributed by atoms with Gasteiger partial charge in [-0.05, 0) is 33.6 Å². The summed E-state index contributed by atoms with van der Waals surface area (Å²) in [6, 6.07) is 9.18. The van der Waals surface area contributed by atoms with Crippen molar-refractivity contribution >= 4 is 54.9 Å². The number of rotatable bonds is 0. The van der Waals surface area contributed by atoms with Crippen LogP contribution < -0.4 is 0 Å². The smallest absolute Gasteiger partial charge is 0.255 e. The molecule has 0 unspecified atom stereocenters. The Bertz CT molecular complexity index is 786. The molecule has 2 aliphatic heterocycles. The van der Waals surface area contributed by atoms with Gasteiger partial charge in [-0.1, -0.05) is 34.1 Å². The van der Waals surface area contributed by atoms with Gasteiger partial charge in [0.2, 0.25) is 0 Å². The number of thiophene rings is 1. The lowest BCUT2D eigenvalue weighted by Crippen LogP contribution is -2.32. The van der Waals surface area contributed by atoms with Crippen molar-refractivity contribution in [1.29, 1.82) is 0 Å². The summed E-state index contributed by atoms with van der Waals surface area (Å²) in [4.78, 5) is 27.7. The summed E-state index contributed by atoms with van der Waals surface area (Å²) in [5.74, 6) is 0.0502. The number of halogens is 2. The first-order valence-corrected chi connectivity index (χ1v) is 8.97. The highest BCUT2D eigenvalue weighted by molar-refractivity contribution is 9.11. The lowest BCUT2D eigenvalue weighted by molar-refractivity contribution is 0.0708. The van der Waals surface area contributed by atoms with Gasteiger partial charge in [-0.25, -0.2) is 0 Å². The Morgan fingerprint density at radius 3 is 2.76 bits per heavy atom. The Labute approximate surface area is 142 Å². The summed E-state index contributed by atoms with van der Waals surface area (Å²) >= 11 is 8.48. The highest BCUT2D eigenvalue weighted by Crippen LogP contribution is 2.45. The molecule has 21 heavy (non-hydrogen) atoms. The van der Waals surface area contributed by atoms with Gasteiger partial charge in [0.05, 0.1) is 16.4 Å². The van der Waals surface area contributed by atoms with Crippen molar-refractivity contribution < 1.29 is 9.59 Å². The Morgan fingerprint density at radius 1 is 1.19 bits per heavy atom. The first-order chi connectivity index (χ1) is 10.1. The van der Waals surface area contributed by atoms with Crippen molar-refractivity contribution in [1.82, 2.24) is 4.90 Å². The number of amides is 1. The van der Waals surface area contributed by atoms with Crippen LogP contribution in [0, 0.1) is 0 Å². The highest BCUT2D eigenvalue weighted by atomic mass is 79.9. The molecule has 0 bridgehead atoms. The fraction of sp³-hybridized carbons (Fsp3) is 0.200. The van der Waals surface area contributed by atoms with Gasteiger partial charge < -0.3 is 4.90 Å². The van der Waals surface area contributed by atoms with E-state index in [2.05, 4.69) is 31.9 Å². The first-order valence-electron chi connectivity index (χ1n) is 6.44. The molecule has 2 aromatic rings. The molecule has 1 amide bonds. The summed E-state index contributed by atoms with van der Waals surface area (Å²) in [6.45, 7) is 0.484. The molecule has 0 spiro atoms. The maximum Gasteiger partial charge on any atom is 0.255 e. The lowest BCUT2D eigenvalue weighted by atomic mass is 9.99. The molecule has 1 aromatic heterocycles. The molecular formula is C15H9Br2NO2S. The van der Waals surface area contributed by atoms with Gasteiger partial charge >= 0.3 is 0 Å². The molecule has 1 aromatic carbocycles. The van der Waals surface area contributed by atoms with Gasteiger partial charge in [-0.15, -0.1) is 11.3 Å². The van der Waals surface area contributed by atoms with Crippen LogP contribution in [0.4, 0.5) is 0 Å². The molecule has 0 saturated carbocycles. The zero-order valence-corrected chi connectivity index (χ0v) is 14.7. The molecule has 0 N–H and O–H groups in total. The minimum Gasteiger partial charge on any atom is -0.325 e. The maximum atomic E-state index is 12.7. The number of hydrogen-bond donors (Lipinski definition) is 0. The van der Waals surface area contributed by atoms with Crippen molar-refractivity contribution in [2.24, 2.45) is 0 Å². The van der Waals surface area contributed by atoms with Crippen LogP contribution in [0.15, 0.2) is 34.1 Å². The molecule has 4 rings (SSSR count). The van der Waals surface area contributed by atoms with E-state index in [0.717, 1.165) is 14.2 Å². The minimum absolute atomic E-state index is 0.00484. The van der Waals surface area contributed by atoms with Crippen LogP contribution in [0.2, 0.25) is 0 Å². The van der Waals surface area contributed by atoms with Crippen molar-refractivity contribution in [3.8, 4) is 0 Å². The third kappa shape index (κ3) is 1.89. The Balaban J connectivity index is 1.90. The van der Waals surface area contributed by atoms with E-state index >= 15 is 0 Å². The third-order valence-electron chi connectivity index (χ3n) is 3.99. The predicted octanol–water partition coefficient (Wildman–Crippen LogP) is 4.17. The van der Waals surface area contributed by atoms with Gasteiger partial charge in [-0.3, -0.25) is 9.59 Å². The quantitative estimate of drug-likeness (QED) is 0.593. The van der Waals surface area contributed by atoms with Crippen molar-refractivity contribution in [2.45, 2.75) is 17.4 Å². The molecule has 2 atom stereocenters. The van der Waals surface area contributed by atoms with E-state index in [1.807, 2.05) is 30.3 Å². The number of carbonyl (C=O) groups is 2. The largest absolute Gasteiger partial charge is 0.325 e. The molecule has 0 fully saturated rings. The average molecular weight is 427 g/mol. The van der Waals surface area contributed by atoms with Crippen LogP contribution in [-0.2, 0) is 6.54 Å². The molecule has 6 heteroatoms. The summed E-state index contributed by atoms with van der Waals surface area (Å²) in [5.41, 5.74) is 2.36. The highest BCUT2D eigenvalue weighted by Gasteiger charge is 2.45. The van der Waals surface area contributed by atoms with Gasteiger partial charge in [0.25, 0.3) is 5.91 Å². The number of ketones is 1. The summed E-state index contributed by atoms with van der Waals surface area (Å²) in [6.07, 6.45) is 0. The summed E-state index contributed by atoms with van der Waals surface area (Å²) in [7, 11) is 0. The molecule has 0 aliphatic carbocycles. The van der Waals surface area contributed by atoms with E-state index < -0.39 is 4.83 Å². The van der Waals surface area contributed by atoms with E-state index in [-0.39, 0.29) is 17.7 Å². The van der Waals surface area contributed by atoms with Gasteiger partial charge in [0, 0.05) is 16.0 Å². The van der Waals surface area contributed by atoms with Crippen LogP contribution in [0.5, 0.6) is 0 Å². The standard InChI is InChI=1S/C15H9Br2NO2S/c16-11-5-9-10(21-11)6-18-13(12(17)14(9)19)7-3-1-2-4-8(7)15(18)20/h1-5,12-13H,6H2/t12-,13+/m0/s1. The number of nitrogens with zero attached hydrogens (tertiary/aromatic N) is 1. The molecular weight excluding hydrogens is 418 g/mol. The van der Waals surface area contributed by atoms with Crippen molar-refractivity contribution in [3.63, 3.8) is 0 Å². The third-order valence-corrected chi connectivity index (χ3v) is 6.53. The van der Waals surface area contributed by atoms with Crippen LogP contribution in [0.3, 0.4) is 0 Å². The van der Waals surface area contributed by atoms with Crippen molar-refractivity contribution in [2.75, 3.05) is 0 Å². The van der Waals surface area contributed by atoms with Crippen LogP contribution in [-0.4, -0.2) is 21.4 Å². The van der Waals surface area contributed by atoms with E-state index in [1.54, 1.807) is 4.90 Å². The zero-order valence-electron chi connectivity index (χ0n) is 10.7. The maximum absolute atomic E-state index is 12.7. The van der Waals surface area contributed by atoms with Gasteiger partial charge in [0.15, 0.2) is 5.78 Å². The Kier molecular flexibility index (Phi) is 3.10. The SMILES string of the molecule is O=C1c2cc(Br)sc2CN2C(=O)c3ccccc3[C@@H]2[C@@H]1Br. The zero-order chi connectivity index (χ0) is 14.7. The molecule has 3 nitrogen and oxygen atoms in total. The second kappa shape index (κ2) is 4.76. The molecule has 106 valence electrons. The van der Waals surface area contributed by atoms with Gasteiger partial charge in [-0.2, -0.15) is 0 Å². The van der Waals surface area contributed by atoms with Gasteiger partial charge in [0.1, 0.15) is 4.83 Å². The Morgan fingerprint density at radius 2 is 1.95 bits per heavy atom. The summed E-state index contributed by atoms with van der Waals surface area (Å²) < 4.78 is 0.920. The molecule has 2 aliphatic rings. The minimum atomic E-state index is -0.409. The number of hydrogen-bond acceptors (Lipinski definition) is 3. The average Bonchev–Trinajstić information content (AvgIpc) is 2.95. The van der Waals surface area contributed by atoms with E-state index in [0.29, 0.717) is 17.7 Å². The fourth-order valence-electron chi connectivity index (χ4n) is 3.05. The van der Waals surface area contributed by atoms with Crippen LogP contribution >= 0.6 is 43.2 Å². The normalized spacial score (nSPS) is 23.6. The fourth-order valence-corrected chi connectivity index (χ4v) is 5.57. The molecule has 0 radical (unpaired) electrons. The number of Topliss-reactive ketones (excluding diaryl/α,β-unsaturated/α-hetero) is 1. The van der Waals surface area contributed by atoms with E-state index in [1.165, 1.54) is 11.3 Å². The lowest BCUT2D eigenvalue weighted by Gasteiger charge is -2.25. The van der Waals surface area contributed by atoms with Crippen molar-refractivity contribution in [3.05, 3.63) is 55.7 Å². The number of benzene rings is 1. The topological polar surface area (TPSA) is 37.4 Å².